The molecular formula is C31H28O8. The lowest BCUT2D eigenvalue weighted by Gasteiger charge is -2.11. The second-order valence-electron chi connectivity index (χ2n) is 8.31. The van der Waals surface area contributed by atoms with E-state index in [1.165, 1.54) is 36.4 Å². The molecule has 0 heterocycles. The minimum Gasteiger partial charge on any atom is -0.427 e. The molecule has 0 fully saturated rings. The highest BCUT2D eigenvalue weighted by molar-refractivity contribution is 5.91. The molecule has 0 bridgehead atoms. The van der Waals surface area contributed by atoms with Gasteiger partial charge in [0.2, 0.25) is 0 Å². The van der Waals surface area contributed by atoms with E-state index in [0.717, 1.165) is 30.6 Å². The van der Waals surface area contributed by atoms with E-state index in [1.807, 2.05) is 12.1 Å². The van der Waals surface area contributed by atoms with E-state index in [-0.39, 0.29) is 30.1 Å². The Balaban J connectivity index is 1.55. The average Bonchev–Trinajstić information content (AvgIpc) is 2.94. The van der Waals surface area contributed by atoms with Crippen LogP contribution in [0.3, 0.4) is 0 Å². The Labute approximate surface area is 226 Å². The van der Waals surface area contributed by atoms with Crippen LogP contribution >= 0.6 is 0 Å². The highest BCUT2D eigenvalue weighted by Gasteiger charge is 2.14. The molecule has 8 nitrogen and oxygen atoms in total. The van der Waals surface area contributed by atoms with Crippen LogP contribution < -0.4 is 18.9 Å². The molecule has 3 rings (SSSR count). The van der Waals surface area contributed by atoms with Gasteiger partial charge in [0.15, 0.2) is 11.5 Å². The van der Waals surface area contributed by atoms with Crippen molar-refractivity contribution in [2.24, 2.45) is 0 Å². The monoisotopic (exact) mass is 528 g/mol. The van der Waals surface area contributed by atoms with Gasteiger partial charge in [0.1, 0.15) is 11.5 Å². The Kier molecular flexibility index (Phi) is 10.3. The van der Waals surface area contributed by atoms with Crippen molar-refractivity contribution in [1.29, 1.82) is 0 Å². The molecule has 0 aliphatic carbocycles. The van der Waals surface area contributed by atoms with Crippen LogP contribution in [-0.2, 0) is 27.2 Å². The Morgan fingerprint density at radius 1 is 0.667 bits per heavy atom. The van der Waals surface area contributed by atoms with E-state index in [4.69, 9.17) is 18.9 Å². The van der Waals surface area contributed by atoms with Gasteiger partial charge >= 0.3 is 23.9 Å². The first-order valence-electron chi connectivity index (χ1n) is 12.2. The number of benzene rings is 3. The summed E-state index contributed by atoms with van der Waals surface area (Å²) in [5.41, 5.74) is 2.24. The Bertz CT molecular complexity index is 1350. The smallest absolute Gasteiger partial charge is 0.343 e. The summed E-state index contributed by atoms with van der Waals surface area (Å²) in [6, 6.07) is 18.0. The molecule has 39 heavy (non-hydrogen) atoms. The maximum Gasteiger partial charge on any atom is 0.343 e. The van der Waals surface area contributed by atoms with Crippen LogP contribution in [0.1, 0.15) is 41.3 Å². The first-order valence-corrected chi connectivity index (χ1v) is 12.2. The van der Waals surface area contributed by atoms with Gasteiger partial charge in [-0.15, -0.1) is 0 Å². The zero-order chi connectivity index (χ0) is 28.2. The number of esters is 4. The second-order valence-corrected chi connectivity index (χ2v) is 8.31. The van der Waals surface area contributed by atoms with Crippen molar-refractivity contribution in [3.8, 4) is 23.0 Å². The summed E-state index contributed by atoms with van der Waals surface area (Å²) in [7, 11) is 0. The fourth-order valence-electron chi connectivity index (χ4n) is 3.44. The molecule has 0 unspecified atom stereocenters. The van der Waals surface area contributed by atoms with Gasteiger partial charge < -0.3 is 18.9 Å². The first kappa shape index (κ1) is 28.6. The summed E-state index contributed by atoms with van der Waals surface area (Å²) in [6.45, 7) is 8.77. The zero-order valence-electron chi connectivity index (χ0n) is 21.5. The molecule has 0 N–H and O–H groups in total. The molecule has 0 spiro atoms. The van der Waals surface area contributed by atoms with Gasteiger partial charge in [-0.25, -0.2) is 14.4 Å². The molecule has 0 saturated heterocycles. The fraction of sp³-hybridized carbons (Fsp3) is 0.161. The minimum atomic E-state index is -0.735. The lowest BCUT2D eigenvalue weighted by molar-refractivity contribution is -0.134. The van der Waals surface area contributed by atoms with Crippen molar-refractivity contribution in [3.63, 3.8) is 0 Å². The molecule has 0 amide bonds. The molecule has 0 aromatic heterocycles. The molecular weight excluding hydrogens is 500 g/mol. The van der Waals surface area contributed by atoms with Crippen molar-refractivity contribution < 1.29 is 38.1 Å². The lowest BCUT2D eigenvalue weighted by atomic mass is 10.1. The van der Waals surface area contributed by atoms with E-state index < -0.39 is 23.9 Å². The van der Waals surface area contributed by atoms with Gasteiger partial charge in [0.25, 0.3) is 0 Å². The number of rotatable bonds is 12. The zero-order valence-corrected chi connectivity index (χ0v) is 21.5. The van der Waals surface area contributed by atoms with Crippen molar-refractivity contribution in [3.05, 3.63) is 109 Å². The third-order valence-electron chi connectivity index (χ3n) is 5.37. The van der Waals surface area contributed by atoms with Crippen LogP contribution in [0.15, 0.2) is 92.0 Å². The molecule has 0 atom stereocenters. The van der Waals surface area contributed by atoms with Crippen LogP contribution in [0.5, 0.6) is 23.0 Å². The minimum absolute atomic E-state index is 0.00278. The van der Waals surface area contributed by atoms with Crippen LogP contribution in [0.2, 0.25) is 0 Å². The predicted octanol–water partition coefficient (Wildman–Crippen LogP) is 5.58. The Morgan fingerprint density at radius 3 is 1.82 bits per heavy atom. The molecule has 8 heteroatoms. The highest BCUT2D eigenvalue weighted by atomic mass is 16.6. The topological polar surface area (TPSA) is 105 Å². The molecule has 0 aliphatic heterocycles. The summed E-state index contributed by atoms with van der Waals surface area (Å²) in [6.07, 6.45) is 4.20. The van der Waals surface area contributed by atoms with Crippen molar-refractivity contribution in [1.82, 2.24) is 0 Å². The van der Waals surface area contributed by atoms with Crippen LogP contribution in [-0.4, -0.2) is 23.9 Å². The number of carbonyl (C=O) groups is 4. The van der Waals surface area contributed by atoms with Gasteiger partial charge in [-0.05, 0) is 72.5 Å². The molecule has 3 aromatic carbocycles. The second kappa shape index (κ2) is 14.1. The Morgan fingerprint density at radius 2 is 1.23 bits per heavy atom. The fourth-order valence-corrected chi connectivity index (χ4v) is 3.44. The van der Waals surface area contributed by atoms with E-state index in [0.29, 0.717) is 16.9 Å². The number of carbonyl (C=O) groups excluding carboxylic acids is 4. The quantitative estimate of drug-likeness (QED) is 0.170. The third-order valence-corrected chi connectivity index (χ3v) is 5.37. The van der Waals surface area contributed by atoms with Crippen molar-refractivity contribution in [2.75, 3.05) is 0 Å². The van der Waals surface area contributed by atoms with Crippen molar-refractivity contribution >= 4 is 23.9 Å². The Hall–Kier alpha value is -4.98. The van der Waals surface area contributed by atoms with Gasteiger partial charge in [-0.3, -0.25) is 4.79 Å². The average molecular weight is 529 g/mol. The number of ether oxygens (including phenoxy) is 4. The largest absolute Gasteiger partial charge is 0.427 e. The maximum absolute atomic E-state index is 12.4. The van der Waals surface area contributed by atoms with Gasteiger partial charge in [0, 0.05) is 18.6 Å². The van der Waals surface area contributed by atoms with Gasteiger partial charge in [-0.1, -0.05) is 44.7 Å². The van der Waals surface area contributed by atoms with E-state index >= 15 is 0 Å². The van der Waals surface area contributed by atoms with Crippen LogP contribution in [0, 0.1) is 0 Å². The SMILES string of the molecule is C=CC(=O)Oc1ccc(CCC(=O)Oc2ccc(OC(=O)c3ccc(CCC)cc3)cc2)cc1OC(=O)C=C. The molecule has 200 valence electrons. The molecule has 3 aromatic rings. The summed E-state index contributed by atoms with van der Waals surface area (Å²) in [5.74, 6) is -1.80. The first-order chi connectivity index (χ1) is 18.8. The van der Waals surface area contributed by atoms with Crippen LogP contribution in [0.4, 0.5) is 0 Å². The number of hydrogen-bond donors (Lipinski definition) is 0. The summed E-state index contributed by atoms with van der Waals surface area (Å²) in [4.78, 5) is 48.0. The molecule has 0 aliphatic rings. The van der Waals surface area contributed by atoms with Gasteiger partial charge in [-0.2, -0.15) is 0 Å². The van der Waals surface area contributed by atoms with E-state index in [1.54, 1.807) is 18.2 Å². The van der Waals surface area contributed by atoms with E-state index in [9.17, 15) is 19.2 Å². The number of aryl methyl sites for hydroxylation is 2. The normalized spacial score (nSPS) is 10.2. The predicted molar refractivity (Wildman–Crippen MR) is 144 cm³/mol. The lowest BCUT2D eigenvalue weighted by Crippen LogP contribution is -2.11. The highest BCUT2D eigenvalue weighted by Crippen LogP contribution is 2.30. The maximum atomic E-state index is 12.4. The molecule has 0 saturated carbocycles. The summed E-state index contributed by atoms with van der Waals surface area (Å²) < 4.78 is 21.0. The number of hydrogen-bond acceptors (Lipinski definition) is 8. The van der Waals surface area contributed by atoms with Gasteiger partial charge in [0.05, 0.1) is 5.56 Å². The summed E-state index contributed by atoms with van der Waals surface area (Å²) in [5, 5.41) is 0. The van der Waals surface area contributed by atoms with Crippen molar-refractivity contribution in [2.45, 2.75) is 32.6 Å². The summed E-state index contributed by atoms with van der Waals surface area (Å²) >= 11 is 0. The third kappa shape index (κ3) is 8.82. The van der Waals surface area contributed by atoms with E-state index in [2.05, 4.69) is 20.1 Å². The molecule has 0 radical (unpaired) electrons. The standard InChI is InChI=1S/C31H28O8/c1-4-7-21-8-12-23(13-9-21)31(35)37-25-16-14-24(15-17-25)36-30(34)19-11-22-10-18-26(38-28(32)5-2)27(20-22)39-29(33)6-3/h5-6,8-10,12-18,20H,2-4,7,11,19H2,1H3. The van der Waals surface area contributed by atoms with Crippen LogP contribution in [0.25, 0.3) is 0 Å².